The van der Waals surface area contributed by atoms with E-state index in [1.807, 2.05) is 12.1 Å². The Kier molecular flexibility index (Phi) is 2.84. The first-order chi connectivity index (χ1) is 7.77. The Morgan fingerprint density at radius 3 is 2.94 bits per heavy atom. The van der Waals surface area contributed by atoms with Crippen LogP contribution < -0.4 is 5.32 Å². The Hall–Kier alpha value is -0.280. The number of fused-ring (bicyclic) bond motifs is 3. The van der Waals surface area contributed by atoms with Crippen LogP contribution in [0.5, 0.6) is 0 Å². The molecule has 1 aromatic rings. The zero-order valence-corrected chi connectivity index (χ0v) is 10.3. The molecule has 4 heteroatoms. The molecule has 0 aliphatic carbocycles. The maximum atomic E-state index is 6.29. The molecular formula is C12H13Cl2NO. The zero-order chi connectivity index (χ0) is 11.1. The van der Waals surface area contributed by atoms with Crippen LogP contribution in [0.3, 0.4) is 0 Å². The molecule has 2 heterocycles. The Morgan fingerprint density at radius 2 is 2.06 bits per heavy atom. The first-order valence-corrected chi connectivity index (χ1v) is 6.32. The minimum atomic E-state index is 0.296. The highest BCUT2D eigenvalue weighted by Gasteiger charge is 2.34. The van der Waals surface area contributed by atoms with Crippen molar-refractivity contribution in [3.63, 3.8) is 0 Å². The lowest BCUT2D eigenvalue weighted by Gasteiger charge is -2.38. The molecule has 1 saturated heterocycles. The Bertz CT molecular complexity index is 422. The molecule has 2 aliphatic rings. The van der Waals surface area contributed by atoms with Crippen molar-refractivity contribution < 1.29 is 4.74 Å². The van der Waals surface area contributed by atoms with E-state index in [1.54, 1.807) is 0 Å². The lowest BCUT2D eigenvalue weighted by molar-refractivity contribution is -0.00671. The molecule has 1 N–H and O–H groups in total. The summed E-state index contributed by atoms with van der Waals surface area (Å²) in [7, 11) is 0. The second-order valence-electron chi connectivity index (χ2n) is 4.37. The van der Waals surface area contributed by atoms with Crippen molar-refractivity contribution >= 4 is 23.2 Å². The summed E-state index contributed by atoms with van der Waals surface area (Å²) in [5.74, 6) is 0.351. The van der Waals surface area contributed by atoms with E-state index in [9.17, 15) is 0 Å². The van der Waals surface area contributed by atoms with Crippen LogP contribution in [0.15, 0.2) is 12.1 Å². The lowest BCUT2D eigenvalue weighted by Crippen LogP contribution is -2.42. The highest BCUT2D eigenvalue weighted by molar-refractivity contribution is 6.34. The number of piperidine rings is 1. The smallest absolute Gasteiger partial charge is 0.0738 e. The van der Waals surface area contributed by atoms with Gasteiger partial charge in [0.15, 0.2) is 0 Å². The van der Waals surface area contributed by atoms with Crippen LogP contribution >= 0.6 is 23.2 Å². The largest absolute Gasteiger partial charge is 0.373 e. The van der Waals surface area contributed by atoms with Crippen LogP contribution in [0.1, 0.15) is 23.5 Å². The van der Waals surface area contributed by atoms with E-state index in [4.69, 9.17) is 27.9 Å². The quantitative estimate of drug-likeness (QED) is 0.772. The number of ether oxygens (including phenoxy) is 1. The third-order valence-electron chi connectivity index (χ3n) is 3.48. The predicted octanol–water partition coefficient (Wildman–Crippen LogP) is 2.97. The van der Waals surface area contributed by atoms with Crippen molar-refractivity contribution in [2.24, 2.45) is 0 Å². The Labute approximate surface area is 105 Å². The second kappa shape index (κ2) is 4.19. The van der Waals surface area contributed by atoms with Crippen LogP contribution in [0, 0.1) is 0 Å². The van der Waals surface area contributed by atoms with Gasteiger partial charge in [0.2, 0.25) is 0 Å². The SMILES string of the molecule is Clc1ccc(Cl)c2c1CO[C@@H]1CCNC[C@H]21. The van der Waals surface area contributed by atoms with Crippen LogP contribution in [0.25, 0.3) is 0 Å². The normalized spacial score (nSPS) is 28.4. The molecule has 0 unspecified atom stereocenters. The van der Waals surface area contributed by atoms with Gasteiger partial charge in [0, 0.05) is 28.1 Å². The molecule has 2 nitrogen and oxygen atoms in total. The van der Waals surface area contributed by atoms with E-state index < -0.39 is 0 Å². The Morgan fingerprint density at radius 1 is 1.25 bits per heavy atom. The molecule has 1 fully saturated rings. The van der Waals surface area contributed by atoms with E-state index in [-0.39, 0.29) is 0 Å². The summed E-state index contributed by atoms with van der Waals surface area (Å²) in [4.78, 5) is 0. The molecule has 1 aromatic carbocycles. The topological polar surface area (TPSA) is 21.3 Å². The van der Waals surface area contributed by atoms with Gasteiger partial charge in [-0.2, -0.15) is 0 Å². The molecule has 0 amide bonds. The molecule has 2 aliphatic heterocycles. The fraction of sp³-hybridized carbons (Fsp3) is 0.500. The van der Waals surface area contributed by atoms with E-state index in [1.165, 1.54) is 5.56 Å². The van der Waals surface area contributed by atoms with Crippen molar-refractivity contribution in [1.29, 1.82) is 0 Å². The molecule has 86 valence electrons. The number of nitrogens with one attached hydrogen (secondary N) is 1. The van der Waals surface area contributed by atoms with Gasteiger partial charge in [0.1, 0.15) is 0 Å². The maximum absolute atomic E-state index is 6.29. The summed E-state index contributed by atoms with van der Waals surface area (Å²) >= 11 is 12.5. The van der Waals surface area contributed by atoms with E-state index in [2.05, 4.69) is 5.32 Å². The van der Waals surface area contributed by atoms with Crippen molar-refractivity contribution in [2.75, 3.05) is 13.1 Å². The van der Waals surface area contributed by atoms with Crippen molar-refractivity contribution in [2.45, 2.75) is 25.0 Å². The monoisotopic (exact) mass is 257 g/mol. The van der Waals surface area contributed by atoms with Crippen LogP contribution in [-0.4, -0.2) is 19.2 Å². The number of benzene rings is 1. The Balaban J connectivity index is 2.10. The summed E-state index contributed by atoms with van der Waals surface area (Å²) in [5, 5.41) is 4.98. The predicted molar refractivity (Wildman–Crippen MR) is 65.3 cm³/mol. The fourth-order valence-electron chi connectivity index (χ4n) is 2.67. The first-order valence-electron chi connectivity index (χ1n) is 5.56. The number of hydrogen-bond donors (Lipinski definition) is 1. The minimum absolute atomic E-state index is 0.296. The minimum Gasteiger partial charge on any atom is -0.373 e. The summed E-state index contributed by atoms with van der Waals surface area (Å²) < 4.78 is 5.86. The maximum Gasteiger partial charge on any atom is 0.0738 e. The first kappa shape index (κ1) is 10.8. The van der Waals surface area contributed by atoms with E-state index in [0.29, 0.717) is 18.6 Å². The van der Waals surface area contributed by atoms with Gasteiger partial charge in [-0.25, -0.2) is 0 Å². The standard InChI is InChI=1S/C12H13Cl2NO/c13-9-1-2-10(14)12-7-5-15-4-3-11(7)16-6-8(9)12/h1-2,7,11,15H,3-6H2/t7-,11+/m0/s1. The zero-order valence-electron chi connectivity index (χ0n) is 8.80. The number of rotatable bonds is 0. The number of halogens is 2. The molecule has 16 heavy (non-hydrogen) atoms. The molecule has 0 radical (unpaired) electrons. The summed E-state index contributed by atoms with van der Waals surface area (Å²) in [6.45, 7) is 2.54. The third-order valence-corrected chi connectivity index (χ3v) is 4.16. The molecule has 3 rings (SSSR count). The molecular weight excluding hydrogens is 245 g/mol. The van der Waals surface area contributed by atoms with E-state index >= 15 is 0 Å². The molecule has 0 aromatic heterocycles. The molecule has 0 spiro atoms. The highest BCUT2D eigenvalue weighted by Crippen LogP contribution is 2.41. The summed E-state index contributed by atoms with van der Waals surface area (Å²) in [6.07, 6.45) is 1.34. The highest BCUT2D eigenvalue weighted by atomic mass is 35.5. The lowest BCUT2D eigenvalue weighted by atomic mass is 9.84. The van der Waals surface area contributed by atoms with Gasteiger partial charge < -0.3 is 10.1 Å². The van der Waals surface area contributed by atoms with Gasteiger partial charge in [-0.15, -0.1) is 0 Å². The fourth-order valence-corrected chi connectivity index (χ4v) is 3.21. The molecule has 0 bridgehead atoms. The van der Waals surface area contributed by atoms with Crippen molar-refractivity contribution in [3.8, 4) is 0 Å². The van der Waals surface area contributed by atoms with Crippen LogP contribution in [-0.2, 0) is 11.3 Å². The average molecular weight is 258 g/mol. The molecule has 0 saturated carbocycles. The van der Waals surface area contributed by atoms with Crippen molar-refractivity contribution in [1.82, 2.24) is 5.32 Å². The third kappa shape index (κ3) is 1.65. The average Bonchev–Trinajstić information content (AvgIpc) is 2.33. The molecule has 2 atom stereocenters. The van der Waals surface area contributed by atoms with Gasteiger partial charge in [0.05, 0.1) is 12.7 Å². The summed E-state index contributed by atoms with van der Waals surface area (Å²) in [5.41, 5.74) is 2.26. The van der Waals surface area contributed by atoms with Gasteiger partial charge >= 0.3 is 0 Å². The second-order valence-corrected chi connectivity index (χ2v) is 5.18. The van der Waals surface area contributed by atoms with Gasteiger partial charge in [0.25, 0.3) is 0 Å². The summed E-state index contributed by atoms with van der Waals surface area (Å²) in [6, 6.07) is 3.74. The van der Waals surface area contributed by atoms with Crippen LogP contribution in [0.2, 0.25) is 10.0 Å². The number of hydrogen-bond acceptors (Lipinski definition) is 2. The van der Waals surface area contributed by atoms with Gasteiger partial charge in [-0.3, -0.25) is 0 Å². The van der Waals surface area contributed by atoms with Gasteiger partial charge in [-0.1, -0.05) is 23.2 Å². The van der Waals surface area contributed by atoms with Gasteiger partial charge in [-0.05, 0) is 30.7 Å². The van der Waals surface area contributed by atoms with E-state index in [0.717, 1.165) is 35.1 Å². The van der Waals surface area contributed by atoms with Crippen molar-refractivity contribution in [3.05, 3.63) is 33.3 Å². The van der Waals surface area contributed by atoms with Crippen LogP contribution in [0.4, 0.5) is 0 Å².